The molecule has 0 saturated heterocycles. The van der Waals surface area contributed by atoms with Crippen molar-refractivity contribution in [3.05, 3.63) is 29.0 Å². The van der Waals surface area contributed by atoms with Gasteiger partial charge in [0.15, 0.2) is 0 Å². The monoisotopic (exact) mass is 170 g/mol. The van der Waals surface area contributed by atoms with Gasteiger partial charge in [-0.25, -0.2) is 4.98 Å². The van der Waals surface area contributed by atoms with Crippen molar-refractivity contribution in [2.45, 2.75) is 13.5 Å². The highest BCUT2D eigenvalue weighted by atomic mass is 35.5. The molecule has 0 spiro atoms. The highest BCUT2D eigenvalue weighted by molar-refractivity contribution is 6.30. The normalized spacial score (nSPS) is 10.0. The van der Waals surface area contributed by atoms with Gasteiger partial charge in [-0.1, -0.05) is 24.6 Å². The van der Waals surface area contributed by atoms with Crippen LogP contribution in [-0.4, -0.2) is 11.5 Å². The second-order valence-corrected chi connectivity index (χ2v) is 2.59. The van der Waals surface area contributed by atoms with Gasteiger partial charge in [0.25, 0.3) is 0 Å². The van der Waals surface area contributed by atoms with Crippen molar-refractivity contribution >= 4 is 11.6 Å². The fourth-order valence-corrected chi connectivity index (χ4v) is 0.997. The Morgan fingerprint density at radius 3 is 3.09 bits per heavy atom. The Labute approximate surface area is 71.6 Å². The van der Waals surface area contributed by atoms with Gasteiger partial charge in [0, 0.05) is 18.3 Å². The van der Waals surface area contributed by atoms with Gasteiger partial charge in [-0.2, -0.15) is 0 Å². The number of hydrogen-bond acceptors (Lipinski definition) is 2. The van der Waals surface area contributed by atoms with Crippen molar-refractivity contribution in [1.29, 1.82) is 0 Å². The number of nitrogens with one attached hydrogen (secondary N) is 1. The highest BCUT2D eigenvalue weighted by Crippen LogP contribution is 2.10. The first kappa shape index (κ1) is 8.50. The Kier molecular flexibility index (Phi) is 3.33. The Hall–Kier alpha value is -0.600. The molecule has 0 aliphatic heterocycles. The van der Waals surface area contributed by atoms with Crippen LogP contribution in [0.5, 0.6) is 0 Å². The van der Waals surface area contributed by atoms with E-state index in [1.165, 1.54) is 0 Å². The van der Waals surface area contributed by atoms with Gasteiger partial charge in [-0.15, -0.1) is 0 Å². The van der Waals surface area contributed by atoms with Crippen molar-refractivity contribution in [3.8, 4) is 0 Å². The van der Waals surface area contributed by atoms with E-state index in [9.17, 15) is 0 Å². The number of rotatable bonds is 3. The van der Waals surface area contributed by atoms with Crippen LogP contribution in [0.25, 0.3) is 0 Å². The zero-order valence-corrected chi connectivity index (χ0v) is 7.23. The lowest BCUT2D eigenvalue weighted by molar-refractivity contribution is 0.724. The van der Waals surface area contributed by atoms with E-state index in [1.54, 1.807) is 6.20 Å². The largest absolute Gasteiger partial charge is 0.313 e. The molecule has 0 aromatic carbocycles. The summed E-state index contributed by atoms with van der Waals surface area (Å²) >= 11 is 5.81. The van der Waals surface area contributed by atoms with Crippen LogP contribution in [0, 0.1) is 0 Å². The number of hydrogen-bond donors (Lipinski definition) is 1. The maximum Gasteiger partial charge on any atom is 0.133 e. The van der Waals surface area contributed by atoms with Gasteiger partial charge >= 0.3 is 0 Å². The van der Waals surface area contributed by atoms with Gasteiger partial charge in [0.1, 0.15) is 5.15 Å². The molecule has 0 atom stereocenters. The third kappa shape index (κ3) is 2.48. The molecule has 0 unspecified atom stereocenters. The smallest absolute Gasteiger partial charge is 0.133 e. The summed E-state index contributed by atoms with van der Waals surface area (Å²) < 4.78 is 0. The number of halogens is 1. The summed E-state index contributed by atoms with van der Waals surface area (Å²) in [5.74, 6) is 0. The molecule has 3 heteroatoms. The fraction of sp³-hybridized carbons (Fsp3) is 0.375. The molecule has 0 fully saturated rings. The molecule has 2 nitrogen and oxygen atoms in total. The maximum absolute atomic E-state index is 5.81. The Bertz CT molecular complexity index is 225. The molecule has 1 aromatic heterocycles. The summed E-state index contributed by atoms with van der Waals surface area (Å²) in [4.78, 5) is 3.96. The Morgan fingerprint density at radius 1 is 1.64 bits per heavy atom. The SMILES string of the molecule is CCNCc1cccnc1Cl. The van der Waals surface area contributed by atoms with Gasteiger partial charge in [-0.3, -0.25) is 0 Å². The molecule has 1 rings (SSSR count). The number of aromatic nitrogens is 1. The Balaban J connectivity index is 2.62. The second kappa shape index (κ2) is 4.31. The number of nitrogens with zero attached hydrogens (tertiary/aromatic N) is 1. The molecule has 0 radical (unpaired) electrons. The quantitative estimate of drug-likeness (QED) is 0.701. The maximum atomic E-state index is 5.81. The van der Waals surface area contributed by atoms with Gasteiger partial charge < -0.3 is 5.32 Å². The molecule has 0 aliphatic carbocycles. The first-order chi connectivity index (χ1) is 5.34. The Morgan fingerprint density at radius 2 is 2.45 bits per heavy atom. The lowest BCUT2D eigenvalue weighted by atomic mass is 10.3. The van der Waals surface area contributed by atoms with E-state index in [0.717, 1.165) is 18.7 Å². The highest BCUT2D eigenvalue weighted by Gasteiger charge is 1.96. The lowest BCUT2D eigenvalue weighted by Crippen LogP contribution is -2.12. The van der Waals surface area contributed by atoms with Crippen LogP contribution in [0.3, 0.4) is 0 Å². The van der Waals surface area contributed by atoms with Crippen molar-refractivity contribution < 1.29 is 0 Å². The summed E-state index contributed by atoms with van der Waals surface area (Å²) in [6.07, 6.45) is 1.69. The van der Waals surface area contributed by atoms with E-state index in [0.29, 0.717) is 5.15 Å². The summed E-state index contributed by atoms with van der Waals surface area (Å²) in [6, 6.07) is 3.86. The first-order valence-electron chi connectivity index (χ1n) is 3.64. The van der Waals surface area contributed by atoms with Crippen LogP contribution < -0.4 is 5.32 Å². The van der Waals surface area contributed by atoms with Crippen LogP contribution in [-0.2, 0) is 6.54 Å². The molecule has 1 N–H and O–H groups in total. The van der Waals surface area contributed by atoms with Gasteiger partial charge in [-0.05, 0) is 12.6 Å². The predicted molar refractivity (Wildman–Crippen MR) is 46.6 cm³/mol. The average Bonchev–Trinajstić information content (AvgIpc) is 2.03. The third-order valence-corrected chi connectivity index (χ3v) is 1.74. The molecule has 0 amide bonds. The fourth-order valence-electron chi connectivity index (χ4n) is 0.811. The molecular weight excluding hydrogens is 160 g/mol. The number of pyridine rings is 1. The standard InChI is InChI=1S/C8H11ClN2/c1-2-10-6-7-4-3-5-11-8(7)9/h3-5,10H,2,6H2,1H3. The van der Waals surface area contributed by atoms with Crippen molar-refractivity contribution in [2.24, 2.45) is 0 Å². The second-order valence-electron chi connectivity index (χ2n) is 2.23. The summed E-state index contributed by atoms with van der Waals surface area (Å²) in [6.45, 7) is 3.80. The lowest BCUT2D eigenvalue weighted by Gasteiger charge is -2.01. The molecule has 0 bridgehead atoms. The zero-order valence-electron chi connectivity index (χ0n) is 6.47. The third-order valence-electron chi connectivity index (χ3n) is 1.40. The van der Waals surface area contributed by atoms with Crippen LogP contribution in [0.4, 0.5) is 0 Å². The van der Waals surface area contributed by atoms with E-state index < -0.39 is 0 Å². The van der Waals surface area contributed by atoms with Crippen LogP contribution in [0.1, 0.15) is 12.5 Å². The minimum absolute atomic E-state index is 0.591. The predicted octanol–water partition coefficient (Wildman–Crippen LogP) is 1.84. The average molecular weight is 171 g/mol. The van der Waals surface area contributed by atoms with Crippen LogP contribution >= 0.6 is 11.6 Å². The van der Waals surface area contributed by atoms with Gasteiger partial charge in [0.05, 0.1) is 0 Å². The molecule has 1 heterocycles. The van der Waals surface area contributed by atoms with E-state index in [1.807, 2.05) is 12.1 Å². The van der Waals surface area contributed by atoms with E-state index in [4.69, 9.17) is 11.6 Å². The summed E-state index contributed by atoms with van der Waals surface area (Å²) in [5, 5.41) is 3.77. The minimum atomic E-state index is 0.591. The van der Waals surface area contributed by atoms with Crippen molar-refractivity contribution in [1.82, 2.24) is 10.3 Å². The molecule has 0 aliphatic rings. The topological polar surface area (TPSA) is 24.9 Å². The van der Waals surface area contributed by atoms with Gasteiger partial charge in [0.2, 0.25) is 0 Å². The molecule has 60 valence electrons. The van der Waals surface area contributed by atoms with Crippen LogP contribution in [0.2, 0.25) is 5.15 Å². The summed E-state index contributed by atoms with van der Waals surface area (Å²) in [5.41, 5.74) is 1.05. The van der Waals surface area contributed by atoms with Crippen molar-refractivity contribution in [2.75, 3.05) is 6.54 Å². The minimum Gasteiger partial charge on any atom is -0.313 e. The van der Waals surface area contributed by atoms with E-state index in [-0.39, 0.29) is 0 Å². The van der Waals surface area contributed by atoms with E-state index >= 15 is 0 Å². The van der Waals surface area contributed by atoms with E-state index in [2.05, 4.69) is 17.2 Å². The van der Waals surface area contributed by atoms with Crippen molar-refractivity contribution in [3.63, 3.8) is 0 Å². The molecule has 0 saturated carbocycles. The van der Waals surface area contributed by atoms with Crippen LogP contribution in [0.15, 0.2) is 18.3 Å². The first-order valence-corrected chi connectivity index (χ1v) is 4.02. The molecule has 1 aromatic rings. The molecular formula is C8H11ClN2. The molecule has 11 heavy (non-hydrogen) atoms. The zero-order chi connectivity index (χ0) is 8.10. The summed E-state index contributed by atoms with van der Waals surface area (Å²) in [7, 11) is 0.